The van der Waals surface area contributed by atoms with Crippen molar-refractivity contribution in [3.8, 4) is 23.0 Å². The van der Waals surface area contributed by atoms with Crippen molar-refractivity contribution >= 4 is 29.1 Å². The highest BCUT2D eigenvalue weighted by atomic mass is 35.5. The van der Waals surface area contributed by atoms with Crippen molar-refractivity contribution in [3.05, 3.63) is 46.5 Å². The van der Waals surface area contributed by atoms with Crippen LogP contribution in [0.2, 0.25) is 0 Å². The summed E-state index contributed by atoms with van der Waals surface area (Å²) in [6.07, 6.45) is 1.54. The average molecular weight is 376 g/mol. The Bertz CT molecular complexity index is 878. The van der Waals surface area contributed by atoms with Crippen LogP contribution in [0.3, 0.4) is 0 Å². The lowest BCUT2D eigenvalue weighted by atomic mass is 10.1. The van der Waals surface area contributed by atoms with Crippen molar-refractivity contribution in [1.29, 1.82) is 0 Å². The van der Waals surface area contributed by atoms with Gasteiger partial charge in [0.15, 0.2) is 11.5 Å². The van der Waals surface area contributed by atoms with Crippen molar-refractivity contribution in [2.75, 3.05) is 26.2 Å². The first-order valence-electron chi connectivity index (χ1n) is 7.95. The number of hydrogen-bond donors (Lipinski definition) is 1. The number of halogens is 1. The molecule has 0 spiro atoms. The van der Waals surface area contributed by atoms with E-state index in [1.165, 1.54) is 7.11 Å². The minimum absolute atomic E-state index is 0.0366. The number of ether oxygens (including phenoxy) is 4. The Labute approximate surface area is 156 Å². The van der Waals surface area contributed by atoms with Crippen LogP contribution in [0, 0.1) is 0 Å². The number of rotatable bonds is 6. The summed E-state index contributed by atoms with van der Waals surface area (Å²) in [6, 6.07) is 8.27. The summed E-state index contributed by atoms with van der Waals surface area (Å²) in [5.74, 6) is 1.76. The number of nitrogen functional groups attached to an aromatic ring is 1. The zero-order valence-corrected chi connectivity index (χ0v) is 15.1. The van der Waals surface area contributed by atoms with Crippen molar-refractivity contribution in [2.24, 2.45) is 0 Å². The fourth-order valence-corrected chi connectivity index (χ4v) is 2.79. The number of ketones is 1. The van der Waals surface area contributed by atoms with E-state index in [0.717, 1.165) is 0 Å². The maximum absolute atomic E-state index is 12.6. The van der Waals surface area contributed by atoms with Gasteiger partial charge in [0.05, 0.1) is 24.4 Å². The average Bonchev–Trinajstić information content (AvgIpc) is 3.10. The summed E-state index contributed by atoms with van der Waals surface area (Å²) in [4.78, 5) is 12.6. The van der Waals surface area contributed by atoms with Crippen molar-refractivity contribution in [1.82, 2.24) is 0 Å². The number of benzene rings is 2. The number of hydrogen-bond acceptors (Lipinski definition) is 6. The molecule has 2 N–H and O–H groups in total. The minimum atomic E-state index is -0.349. The molecule has 0 aromatic heterocycles. The lowest BCUT2D eigenvalue weighted by Gasteiger charge is -2.08. The van der Waals surface area contributed by atoms with Crippen LogP contribution in [0.15, 0.2) is 35.4 Å². The molecule has 136 valence electrons. The second-order valence-electron chi connectivity index (χ2n) is 5.46. The third-order valence-corrected chi connectivity index (χ3v) is 4.04. The minimum Gasteiger partial charge on any atom is -0.493 e. The molecule has 0 aliphatic carbocycles. The Morgan fingerprint density at radius 2 is 2.08 bits per heavy atom. The summed E-state index contributed by atoms with van der Waals surface area (Å²) in [5, 5.41) is 0.0366. The Balaban J connectivity index is 1.88. The Morgan fingerprint density at radius 1 is 1.27 bits per heavy atom. The predicted molar refractivity (Wildman–Crippen MR) is 99.3 cm³/mol. The van der Waals surface area contributed by atoms with Crippen LogP contribution in [-0.4, -0.2) is 26.3 Å². The molecule has 3 rings (SSSR count). The molecule has 26 heavy (non-hydrogen) atoms. The van der Waals surface area contributed by atoms with E-state index in [9.17, 15) is 4.79 Å². The number of methoxy groups -OCH3 is 1. The number of carbonyl (C=O) groups is 1. The molecule has 0 fully saturated rings. The number of fused-ring (bicyclic) bond motifs is 1. The molecule has 0 radical (unpaired) electrons. The van der Waals surface area contributed by atoms with Crippen molar-refractivity contribution in [2.45, 2.75) is 6.92 Å². The van der Waals surface area contributed by atoms with Gasteiger partial charge in [0.25, 0.3) is 0 Å². The van der Waals surface area contributed by atoms with Crippen LogP contribution in [0.25, 0.3) is 6.08 Å². The molecule has 2 aromatic carbocycles. The molecule has 7 heteroatoms. The molecule has 0 atom stereocenters. The number of Topliss-reactive ketones (excluding diaryl/α,β-unsaturated/α-hetero) is 1. The van der Waals surface area contributed by atoms with Gasteiger partial charge in [-0.1, -0.05) is 11.6 Å². The smallest absolute Gasteiger partial charge is 0.231 e. The topological polar surface area (TPSA) is 80.0 Å². The molecule has 1 heterocycles. The molecule has 1 aliphatic heterocycles. The quantitative estimate of drug-likeness (QED) is 0.469. The van der Waals surface area contributed by atoms with E-state index in [1.807, 2.05) is 6.92 Å². The lowest BCUT2D eigenvalue weighted by molar-refractivity contribution is 0.104. The maximum atomic E-state index is 12.6. The Hall–Kier alpha value is -2.86. The first-order chi connectivity index (χ1) is 12.5. The highest BCUT2D eigenvalue weighted by molar-refractivity contribution is 6.47. The maximum Gasteiger partial charge on any atom is 0.231 e. The monoisotopic (exact) mass is 375 g/mol. The molecular formula is C19H18ClNO5. The SMILES string of the molecule is CCOc1ccc(C(=O)/C(Cl)=C\c2cc(OC)c3c(c2)OCO3)cc1N. The highest BCUT2D eigenvalue weighted by Gasteiger charge is 2.20. The van der Waals surface area contributed by atoms with E-state index in [1.54, 1.807) is 36.4 Å². The zero-order valence-electron chi connectivity index (χ0n) is 14.4. The summed E-state index contributed by atoms with van der Waals surface area (Å²) >= 11 is 6.23. The van der Waals surface area contributed by atoms with Gasteiger partial charge in [0, 0.05) is 5.56 Å². The Morgan fingerprint density at radius 3 is 2.77 bits per heavy atom. The summed E-state index contributed by atoms with van der Waals surface area (Å²) in [6.45, 7) is 2.47. The fourth-order valence-electron chi connectivity index (χ4n) is 2.56. The van der Waals surface area contributed by atoms with E-state index in [0.29, 0.717) is 46.4 Å². The zero-order chi connectivity index (χ0) is 18.7. The highest BCUT2D eigenvalue weighted by Crippen LogP contribution is 2.42. The fraction of sp³-hybridized carbons (Fsp3) is 0.211. The number of carbonyl (C=O) groups excluding carboxylic acids is 1. The van der Waals surface area contributed by atoms with Gasteiger partial charge in [-0.2, -0.15) is 0 Å². The summed E-state index contributed by atoms with van der Waals surface area (Å²) in [5.41, 5.74) is 7.32. The van der Waals surface area contributed by atoms with Gasteiger partial charge in [-0.3, -0.25) is 4.79 Å². The van der Waals surface area contributed by atoms with Gasteiger partial charge < -0.3 is 24.7 Å². The first-order valence-corrected chi connectivity index (χ1v) is 8.33. The van der Waals surface area contributed by atoms with Crippen LogP contribution in [-0.2, 0) is 0 Å². The molecule has 1 aliphatic rings. The first kappa shape index (κ1) is 17.9. The summed E-state index contributed by atoms with van der Waals surface area (Å²) < 4.78 is 21.4. The van der Waals surface area contributed by atoms with Gasteiger partial charge in [0.1, 0.15) is 5.75 Å². The molecule has 0 amide bonds. The number of nitrogens with two attached hydrogens (primary N) is 1. The molecule has 0 saturated heterocycles. The molecule has 0 unspecified atom stereocenters. The van der Waals surface area contributed by atoms with Gasteiger partial charge in [-0.25, -0.2) is 0 Å². The van der Waals surface area contributed by atoms with Crippen LogP contribution < -0.4 is 24.7 Å². The largest absolute Gasteiger partial charge is 0.493 e. The van der Waals surface area contributed by atoms with Crippen LogP contribution >= 0.6 is 11.6 Å². The van der Waals surface area contributed by atoms with Crippen molar-refractivity contribution < 1.29 is 23.7 Å². The van der Waals surface area contributed by atoms with Crippen LogP contribution in [0.4, 0.5) is 5.69 Å². The second kappa shape index (κ2) is 7.58. The lowest BCUT2D eigenvalue weighted by Crippen LogP contribution is -2.02. The predicted octanol–water partition coefficient (Wildman–Crippen LogP) is 3.87. The molecule has 6 nitrogen and oxygen atoms in total. The van der Waals surface area contributed by atoms with Gasteiger partial charge in [-0.15, -0.1) is 0 Å². The second-order valence-corrected chi connectivity index (χ2v) is 5.87. The summed E-state index contributed by atoms with van der Waals surface area (Å²) in [7, 11) is 1.53. The molecule has 0 saturated carbocycles. The Kier molecular flexibility index (Phi) is 5.23. The van der Waals surface area contributed by atoms with Crippen LogP contribution in [0.1, 0.15) is 22.8 Å². The van der Waals surface area contributed by atoms with E-state index < -0.39 is 0 Å². The number of allylic oxidation sites excluding steroid dienone is 1. The van der Waals surface area contributed by atoms with Gasteiger partial charge >= 0.3 is 0 Å². The number of anilines is 1. The van der Waals surface area contributed by atoms with Gasteiger partial charge in [-0.05, 0) is 48.9 Å². The normalized spacial score (nSPS) is 12.8. The van der Waals surface area contributed by atoms with E-state index in [-0.39, 0.29) is 17.6 Å². The van der Waals surface area contributed by atoms with Crippen LogP contribution in [0.5, 0.6) is 23.0 Å². The third-order valence-electron chi connectivity index (χ3n) is 3.76. The molecular weight excluding hydrogens is 358 g/mol. The standard InChI is InChI=1S/C19H18ClNO5/c1-3-24-15-5-4-12(9-14(15)21)18(22)13(20)6-11-7-16(23-2)19-17(8-11)25-10-26-19/h4-9H,3,10,21H2,1-2H3/b13-6+. The van der Waals surface area contributed by atoms with E-state index >= 15 is 0 Å². The van der Waals surface area contributed by atoms with Crippen molar-refractivity contribution in [3.63, 3.8) is 0 Å². The van der Waals surface area contributed by atoms with E-state index in [4.69, 9.17) is 36.3 Å². The molecule has 0 bridgehead atoms. The van der Waals surface area contributed by atoms with E-state index in [2.05, 4.69) is 0 Å². The third kappa shape index (κ3) is 3.55. The van der Waals surface area contributed by atoms with Gasteiger partial charge in [0.2, 0.25) is 18.3 Å². The molecule has 2 aromatic rings.